The molecule has 0 aliphatic heterocycles. The maximum atomic E-state index is 12.2. The minimum Gasteiger partial charge on any atom is -0.361 e. The monoisotopic (exact) mass is 322 g/mol. The number of nitrogens with zero attached hydrogens (tertiary/aromatic N) is 1. The molecule has 0 radical (unpaired) electrons. The smallest absolute Gasteiger partial charge is 0.251 e. The average molecular weight is 322 g/mol. The van der Waals surface area contributed by atoms with E-state index in [9.17, 15) is 9.59 Å². The molecule has 3 rings (SSSR count). The van der Waals surface area contributed by atoms with Crippen LogP contribution in [0.25, 0.3) is 10.9 Å². The second-order valence-electron chi connectivity index (χ2n) is 5.48. The first kappa shape index (κ1) is 15.7. The highest BCUT2D eigenvalue weighted by atomic mass is 16.2. The van der Waals surface area contributed by atoms with Gasteiger partial charge in [0.15, 0.2) is 0 Å². The summed E-state index contributed by atoms with van der Waals surface area (Å²) < 4.78 is 0. The summed E-state index contributed by atoms with van der Waals surface area (Å²) in [5.74, 6) is -0.0463. The lowest BCUT2D eigenvalue weighted by atomic mass is 10.1. The summed E-state index contributed by atoms with van der Waals surface area (Å²) in [6, 6.07) is 11.2. The predicted octanol–water partition coefficient (Wildman–Crippen LogP) is 2.49. The third-order valence-electron chi connectivity index (χ3n) is 3.68. The number of hydrogen-bond acceptors (Lipinski definition) is 3. The van der Waals surface area contributed by atoms with E-state index in [-0.39, 0.29) is 11.8 Å². The van der Waals surface area contributed by atoms with E-state index in [0.29, 0.717) is 17.9 Å². The number of fused-ring (bicyclic) bond motifs is 1. The Morgan fingerprint density at radius 1 is 1.21 bits per heavy atom. The number of para-hydroxylation sites is 1. The van der Waals surface area contributed by atoms with Gasteiger partial charge in [-0.25, -0.2) is 4.98 Å². The molecule has 0 saturated carbocycles. The Kier molecular flexibility index (Phi) is 4.56. The van der Waals surface area contributed by atoms with Crippen molar-refractivity contribution >= 4 is 28.5 Å². The van der Waals surface area contributed by atoms with Crippen molar-refractivity contribution < 1.29 is 9.59 Å². The zero-order valence-corrected chi connectivity index (χ0v) is 13.3. The maximum absolute atomic E-state index is 12.2. The summed E-state index contributed by atoms with van der Waals surface area (Å²) >= 11 is 0. The molecule has 2 amide bonds. The maximum Gasteiger partial charge on any atom is 0.251 e. The molecule has 2 heterocycles. The standard InChI is InChI=1S/C18H18N4O2/c1-12(23)22-17-10-13(6-8-19-17)18(24)20-9-7-14-11-21-16-5-3-2-4-15(14)16/h2-6,8,10-11,21H,7,9H2,1H3,(H,20,24)(H,19,22,23). The number of carbonyl (C=O) groups is 2. The van der Waals surface area contributed by atoms with Crippen LogP contribution in [0.3, 0.4) is 0 Å². The van der Waals surface area contributed by atoms with E-state index in [4.69, 9.17) is 0 Å². The number of nitrogens with one attached hydrogen (secondary N) is 3. The van der Waals surface area contributed by atoms with Gasteiger partial charge in [-0.3, -0.25) is 9.59 Å². The molecule has 0 fully saturated rings. The largest absolute Gasteiger partial charge is 0.361 e. The van der Waals surface area contributed by atoms with Gasteiger partial charge in [0.25, 0.3) is 5.91 Å². The Labute approximate surface area is 139 Å². The number of H-pyrrole nitrogens is 1. The zero-order valence-electron chi connectivity index (χ0n) is 13.3. The highest BCUT2D eigenvalue weighted by Crippen LogP contribution is 2.17. The minimum atomic E-state index is -0.223. The zero-order chi connectivity index (χ0) is 16.9. The van der Waals surface area contributed by atoms with Crippen molar-refractivity contribution in [1.29, 1.82) is 0 Å². The van der Waals surface area contributed by atoms with Gasteiger partial charge in [0.1, 0.15) is 5.82 Å². The fraction of sp³-hybridized carbons (Fsp3) is 0.167. The summed E-state index contributed by atoms with van der Waals surface area (Å²) in [6.07, 6.45) is 4.21. The fourth-order valence-electron chi connectivity index (χ4n) is 2.57. The lowest BCUT2D eigenvalue weighted by Gasteiger charge is -2.06. The molecule has 0 bridgehead atoms. The molecule has 3 N–H and O–H groups in total. The molecule has 0 unspecified atom stereocenters. The molecule has 6 nitrogen and oxygen atoms in total. The van der Waals surface area contributed by atoms with Crippen molar-refractivity contribution in [3.05, 3.63) is 59.9 Å². The molecule has 0 spiro atoms. The van der Waals surface area contributed by atoms with Crippen molar-refractivity contribution in [3.63, 3.8) is 0 Å². The van der Waals surface area contributed by atoms with E-state index in [1.54, 1.807) is 12.1 Å². The molecule has 122 valence electrons. The molecule has 24 heavy (non-hydrogen) atoms. The van der Waals surface area contributed by atoms with Crippen molar-refractivity contribution in [3.8, 4) is 0 Å². The van der Waals surface area contributed by atoms with Crippen LogP contribution in [-0.4, -0.2) is 28.3 Å². The van der Waals surface area contributed by atoms with E-state index < -0.39 is 0 Å². The lowest BCUT2D eigenvalue weighted by Crippen LogP contribution is -2.25. The number of amides is 2. The number of carbonyl (C=O) groups excluding carboxylic acids is 2. The first-order chi connectivity index (χ1) is 11.6. The molecule has 6 heteroatoms. The lowest BCUT2D eigenvalue weighted by molar-refractivity contribution is -0.114. The second kappa shape index (κ2) is 6.95. The van der Waals surface area contributed by atoms with Gasteiger partial charge in [0, 0.05) is 42.3 Å². The van der Waals surface area contributed by atoms with Crippen molar-refractivity contribution in [1.82, 2.24) is 15.3 Å². The Balaban J connectivity index is 1.60. The van der Waals surface area contributed by atoms with E-state index in [0.717, 1.165) is 11.9 Å². The van der Waals surface area contributed by atoms with E-state index in [2.05, 4.69) is 26.7 Å². The van der Waals surface area contributed by atoms with Crippen LogP contribution in [0, 0.1) is 0 Å². The van der Waals surface area contributed by atoms with E-state index in [1.807, 2.05) is 24.4 Å². The SMILES string of the molecule is CC(=O)Nc1cc(C(=O)NCCc2c[nH]c3ccccc23)ccn1. The molecule has 0 atom stereocenters. The molecule has 1 aromatic carbocycles. The highest BCUT2D eigenvalue weighted by Gasteiger charge is 2.08. The summed E-state index contributed by atoms with van der Waals surface area (Å²) in [5.41, 5.74) is 2.72. The van der Waals surface area contributed by atoms with Crippen LogP contribution in [0.1, 0.15) is 22.8 Å². The number of anilines is 1. The Morgan fingerprint density at radius 3 is 2.88 bits per heavy atom. The number of aromatic amines is 1. The summed E-state index contributed by atoms with van der Waals surface area (Å²) in [4.78, 5) is 30.5. The van der Waals surface area contributed by atoms with Crippen molar-refractivity contribution in [2.45, 2.75) is 13.3 Å². The van der Waals surface area contributed by atoms with Gasteiger partial charge in [-0.15, -0.1) is 0 Å². The summed E-state index contributed by atoms with van der Waals surface area (Å²) in [7, 11) is 0. The number of aromatic nitrogens is 2. The van der Waals surface area contributed by atoms with Crippen LogP contribution in [0.5, 0.6) is 0 Å². The van der Waals surface area contributed by atoms with Crippen LogP contribution in [0.4, 0.5) is 5.82 Å². The highest BCUT2D eigenvalue weighted by molar-refractivity contribution is 5.96. The predicted molar refractivity (Wildman–Crippen MR) is 92.9 cm³/mol. The van der Waals surface area contributed by atoms with Gasteiger partial charge in [0.05, 0.1) is 0 Å². The van der Waals surface area contributed by atoms with E-state index >= 15 is 0 Å². The molecule has 0 aliphatic rings. The topological polar surface area (TPSA) is 86.9 Å². The fourth-order valence-corrected chi connectivity index (χ4v) is 2.57. The number of pyridine rings is 1. The van der Waals surface area contributed by atoms with E-state index in [1.165, 1.54) is 24.1 Å². The van der Waals surface area contributed by atoms with Crippen LogP contribution in [-0.2, 0) is 11.2 Å². The van der Waals surface area contributed by atoms with Gasteiger partial charge in [0.2, 0.25) is 5.91 Å². The summed E-state index contributed by atoms with van der Waals surface area (Å²) in [6.45, 7) is 1.92. The van der Waals surface area contributed by atoms with Crippen LogP contribution in [0.15, 0.2) is 48.8 Å². The number of benzene rings is 1. The van der Waals surface area contributed by atoms with Gasteiger partial charge >= 0.3 is 0 Å². The van der Waals surface area contributed by atoms with Gasteiger partial charge < -0.3 is 15.6 Å². The van der Waals surface area contributed by atoms with Crippen LogP contribution in [0.2, 0.25) is 0 Å². The Hall–Kier alpha value is -3.15. The van der Waals surface area contributed by atoms with Gasteiger partial charge in [-0.1, -0.05) is 18.2 Å². The van der Waals surface area contributed by atoms with Gasteiger partial charge in [-0.2, -0.15) is 0 Å². The third-order valence-corrected chi connectivity index (χ3v) is 3.68. The molecule has 3 aromatic rings. The first-order valence-electron chi connectivity index (χ1n) is 7.70. The molecular formula is C18H18N4O2. The Bertz CT molecular complexity index is 885. The van der Waals surface area contributed by atoms with Crippen LogP contribution < -0.4 is 10.6 Å². The van der Waals surface area contributed by atoms with Crippen LogP contribution >= 0.6 is 0 Å². The summed E-state index contributed by atoms with van der Waals surface area (Å²) in [5, 5.41) is 6.62. The number of hydrogen-bond donors (Lipinski definition) is 3. The van der Waals surface area contributed by atoms with Gasteiger partial charge in [-0.05, 0) is 30.2 Å². The number of rotatable bonds is 5. The average Bonchev–Trinajstić information content (AvgIpc) is 2.98. The minimum absolute atomic E-state index is 0.191. The molecular weight excluding hydrogens is 304 g/mol. The first-order valence-corrected chi connectivity index (χ1v) is 7.70. The van der Waals surface area contributed by atoms with Crippen molar-refractivity contribution in [2.24, 2.45) is 0 Å². The third kappa shape index (κ3) is 3.60. The Morgan fingerprint density at radius 2 is 2.04 bits per heavy atom. The molecule has 0 saturated heterocycles. The van der Waals surface area contributed by atoms with Crippen molar-refractivity contribution in [2.75, 3.05) is 11.9 Å². The quantitative estimate of drug-likeness (QED) is 0.674. The molecule has 0 aliphatic carbocycles. The molecule has 2 aromatic heterocycles. The normalized spacial score (nSPS) is 10.5. The second-order valence-corrected chi connectivity index (χ2v) is 5.48.